The molecule has 14 heteroatoms. The number of amides is 2. The summed E-state index contributed by atoms with van der Waals surface area (Å²) >= 11 is 0. The van der Waals surface area contributed by atoms with E-state index in [-0.39, 0.29) is 25.5 Å². The number of Topliss-reactive ketones (excluding diaryl/α,β-unsaturated/α-hetero) is 2. The van der Waals surface area contributed by atoms with Gasteiger partial charge in [-0.25, -0.2) is 10.9 Å². The van der Waals surface area contributed by atoms with Gasteiger partial charge in [0.05, 0.1) is 31.7 Å². The van der Waals surface area contributed by atoms with Crippen molar-refractivity contribution in [1.82, 2.24) is 27.0 Å². The van der Waals surface area contributed by atoms with Gasteiger partial charge in [0.15, 0.2) is 0 Å². The molecule has 0 radical (unpaired) electrons. The van der Waals surface area contributed by atoms with Crippen molar-refractivity contribution in [3.05, 3.63) is 0 Å². The van der Waals surface area contributed by atoms with Crippen LogP contribution in [0.5, 0.6) is 0 Å². The van der Waals surface area contributed by atoms with E-state index in [9.17, 15) is 24.0 Å². The number of hydrogen-bond donors (Lipinski definition) is 8. The lowest BCUT2D eigenvalue weighted by Gasteiger charge is -2.25. The molecular formula is C21H42N8O6. The molecule has 0 saturated carbocycles. The fourth-order valence-corrected chi connectivity index (χ4v) is 3.01. The molecule has 0 unspecified atom stereocenters. The van der Waals surface area contributed by atoms with E-state index in [0.717, 1.165) is 0 Å². The summed E-state index contributed by atoms with van der Waals surface area (Å²) in [7, 11) is 0. The van der Waals surface area contributed by atoms with Gasteiger partial charge < -0.3 is 32.1 Å². The first-order valence-corrected chi connectivity index (χ1v) is 11.7. The minimum Gasteiger partial charge on any atom is -0.370 e. The van der Waals surface area contributed by atoms with Gasteiger partial charge in [0.1, 0.15) is 18.6 Å². The first-order chi connectivity index (χ1) is 16.5. The second-order valence-corrected chi connectivity index (χ2v) is 8.48. The number of ketones is 2. The van der Waals surface area contributed by atoms with Gasteiger partial charge >= 0.3 is 0 Å². The van der Waals surface area contributed by atoms with Gasteiger partial charge in [0.25, 0.3) is 0 Å². The van der Waals surface area contributed by atoms with Crippen molar-refractivity contribution >= 4 is 29.7 Å². The lowest BCUT2D eigenvalue weighted by Crippen LogP contribution is -2.58. The summed E-state index contributed by atoms with van der Waals surface area (Å²) in [5, 5.41) is 5.28. The van der Waals surface area contributed by atoms with Crippen LogP contribution >= 0.6 is 0 Å². The summed E-state index contributed by atoms with van der Waals surface area (Å²) in [6.45, 7) is 6.12. The minimum absolute atomic E-state index is 0.0162. The van der Waals surface area contributed by atoms with Gasteiger partial charge in [0, 0.05) is 0 Å². The van der Waals surface area contributed by atoms with Crippen molar-refractivity contribution in [3.8, 4) is 0 Å². The predicted octanol–water partition coefficient (Wildman–Crippen LogP) is -2.94. The molecule has 0 aliphatic rings. The number of primary amides is 1. The summed E-state index contributed by atoms with van der Waals surface area (Å²) in [4.78, 5) is 65.6. The summed E-state index contributed by atoms with van der Waals surface area (Å²) in [6, 6.07) is -3.06. The van der Waals surface area contributed by atoms with Crippen LogP contribution in [-0.4, -0.2) is 73.8 Å². The van der Waals surface area contributed by atoms with E-state index >= 15 is 0 Å². The molecule has 11 N–H and O–H groups in total. The SMILES string of the molecule is CCCON[C@@H](CC(N)=O)C(=O)C(=O)[C@H](CC(C)C)NN[C@@H](CCCNC(N)N)C(=O)NCC=O. The Balaban J connectivity index is 5.40. The lowest BCUT2D eigenvalue weighted by molar-refractivity contribution is -0.143. The largest absolute Gasteiger partial charge is 0.370 e. The topological polar surface area (TPSA) is 233 Å². The van der Waals surface area contributed by atoms with E-state index in [1.54, 1.807) is 0 Å². The Labute approximate surface area is 206 Å². The summed E-state index contributed by atoms with van der Waals surface area (Å²) in [6.07, 6.45) is 1.16. The number of rotatable bonds is 22. The monoisotopic (exact) mass is 502 g/mol. The van der Waals surface area contributed by atoms with Crippen LogP contribution in [-0.2, 0) is 28.8 Å². The minimum atomic E-state index is -1.23. The molecule has 0 aliphatic heterocycles. The van der Waals surface area contributed by atoms with E-state index in [2.05, 4.69) is 27.0 Å². The molecule has 0 aromatic heterocycles. The fourth-order valence-electron chi connectivity index (χ4n) is 3.01. The number of hydrogen-bond acceptors (Lipinski definition) is 12. The molecule has 35 heavy (non-hydrogen) atoms. The van der Waals surface area contributed by atoms with Crippen LogP contribution < -0.4 is 44.2 Å². The quantitative estimate of drug-likeness (QED) is 0.0244. The highest BCUT2D eigenvalue weighted by Gasteiger charge is 2.33. The van der Waals surface area contributed by atoms with Crippen molar-refractivity contribution < 1.29 is 28.8 Å². The van der Waals surface area contributed by atoms with E-state index in [1.807, 2.05) is 20.8 Å². The highest BCUT2D eigenvalue weighted by Crippen LogP contribution is 2.09. The van der Waals surface area contributed by atoms with Crippen LogP contribution in [0.1, 0.15) is 52.9 Å². The van der Waals surface area contributed by atoms with Crippen molar-refractivity contribution in [1.29, 1.82) is 0 Å². The Bertz CT molecular complexity index is 676. The smallest absolute Gasteiger partial charge is 0.238 e. The van der Waals surface area contributed by atoms with Crippen LogP contribution in [0.15, 0.2) is 0 Å². The number of aldehydes is 1. The summed E-state index contributed by atoms with van der Waals surface area (Å²) in [5.41, 5.74) is 24.2. The van der Waals surface area contributed by atoms with Crippen LogP contribution in [0.2, 0.25) is 0 Å². The molecule has 202 valence electrons. The van der Waals surface area contributed by atoms with Crippen LogP contribution in [0.25, 0.3) is 0 Å². The van der Waals surface area contributed by atoms with Crippen LogP contribution in [0, 0.1) is 5.92 Å². The number of nitrogens with one attached hydrogen (secondary N) is 5. The molecule has 2 amide bonds. The second kappa shape index (κ2) is 18.9. The van der Waals surface area contributed by atoms with Crippen molar-refractivity contribution in [2.45, 2.75) is 77.3 Å². The zero-order valence-corrected chi connectivity index (χ0v) is 20.8. The molecule has 0 aromatic carbocycles. The first kappa shape index (κ1) is 32.7. The number of carbonyl (C=O) groups is 5. The molecule has 0 rings (SSSR count). The molecule has 3 atom stereocenters. The Morgan fingerprint density at radius 1 is 1.00 bits per heavy atom. The van der Waals surface area contributed by atoms with Crippen molar-refractivity contribution in [2.75, 3.05) is 19.7 Å². The third-order valence-electron chi connectivity index (χ3n) is 4.68. The molecule has 0 spiro atoms. The molecule has 0 saturated heterocycles. The Morgan fingerprint density at radius 3 is 2.17 bits per heavy atom. The van der Waals surface area contributed by atoms with Crippen molar-refractivity contribution in [3.63, 3.8) is 0 Å². The number of nitrogens with two attached hydrogens (primary N) is 3. The third-order valence-corrected chi connectivity index (χ3v) is 4.68. The maximum atomic E-state index is 13.0. The maximum absolute atomic E-state index is 13.0. The first-order valence-electron chi connectivity index (χ1n) is 11.7. The average molecular weight is 503 g/mol. The van der Waals surface area contributed by atoms with Crippen LogP contribution in [0.4, 0.5) is 0 Å². The number of hydroxylamine groups is 1. The van der Waals surface area contributed by atoms with Gasteiger partial charge in [-0.15, -0.1) is 0 Å². The van der Waals surface area contributed by atoms with E-state index in [0.29, 0.717) is 32.1 Å². The molecule has 0 bridgehead atoms. The number of hydrazine groups is 1. The van der Waals surface area contributed by atoms with E-state index < -0.39 is 54.2 Å². The van der Waals surface area contributed by atoms with E-state index in [1.165, 1.54) is 0 Å². The lowest BCUT2D eigenvalue weighted by atomic mass is 9.95. The predicted molar refractivity (Wildman–Crippen MR) is 129 cm³/mol. The van der Waals surface area contributed by atoms with E-state index in [4.69, 9.17) is 22.0 Å². The van der Waals surface area contributed by atoms with Gasteiger partial charge in [-0.2, -0.15) is 5.48 Å². The molecule has 0 heterocycles. The molecule has 0 aliphatic carbocycles. The zero-order chi connectivity index (χ0) is 26.8. The molecule has 0 fully saturated rings. The van der Waals surface area contributed by atoms with Gasteiger partial charge in [0.2, 0.25) is 23.4 Å². The average Bonchev–Trinajstić information content (AvgIpc) is 2.78. The van der Waals surface area contributed by atoms with Crippen molar-refractivity contribution in [2.24, 2.45) is 23.1 Å². The molecular weight excluding hydrogens is 460 g/mol. The third kappa shape index (κ3) is 15.3. The Hall–Kier alpha value is -2.33. The van der Waals surface area contributed by atoms with Gasteiger partial charge in [-0.05, 0) is 38.1 Å². The Kier molecular flexibility index (Phi) is 17.7. The highest BCUT2D eigenvalue weighted by molar-refractivity contribution is 6.41. The number of carbonyl (C=O) groups excluding carboxylic acids is 5. The normalized spacial score (nSPS) is 13.9. The maximum Gasteiger partial charge on any atom is 0.238 e. The Morgan fingerprint density at radius 2 is 1.63 bits per heavy atom. The molecule has 14 nitrogen and oxygen atoms in total. The highest BCUT2D eigenvalue weighted by atomic mass is 16.6. The zero-order valence-electron chi connectivity index (χ0n) is 20.8. The van der Waals surface area contributed by atoms with Gasteiger partial charge in [-0.3, -0.25) is 24.5 Å². The fraction of sp³-hybridized carbons (Fsp3) is 0.762. The molecule has 0 aromatic rings. The standard InChI is InChI=1S/C21H42N8O6/c1-4-10-35-29-16(12-17(22)31)19(33)18(32)15(11-13(2)3)28-27-14(20(34)25-8-9-30)6-5-7-26-21(23)24/h9,13-16,21,26-29H,4-8,10-12,23-24H2,1-3H3,(H2,22,31)(H,25,34)/t14-,15-,16-/m0/s1. The summed E-state index contributed by atoms with van der Waals surface area (Å²) < 4.78 is 0. The van der Waals surface area contributed by atoms with Gasteiger partial charge in [-0.1, -0.05) is 20.8 Å². The summed E-state index contributed by atoms with van der Waals surface area (Å²) in [5.74, 6) is -2.89. The second-order valence-electron chi connectivity index (χ2n) is 8.48. The van der Waals surface area contributed by atoms with Crippen LogP contribution in [0.3, 0.4) is 0 Å².